The highest BCUT2D eigenvalue weighted by Gasteiger charge is 2.44. The van der Waals surface area contributed by atoms with Crippen LogP contribution in [-0.2, 0) is 9.59 Å². The van der Waals surface area contributed by atoms with E-state index < -0.39 is 0 Å². The van der Waals surface area contributed by atoms with Crippen LogP contribution in [0.1, 0.15) is 58.1 Å². The number of benzene rings is 1. The number of ether oxygens (including phenoxy) is 1. The van der Waals surface area contributed by atoms with Crippen molar-refractivity contribution in [3.63, 3.8) is 0 Å². The van der Waals surface area contributed by atoms with E-state index in [-0.39, 0.29) is 36.2 Å². The molecule has 1 N–H and O–H groups in total. The second-order valence-corrected chi connectivity index (χ2v) is 6.79. The van der Waals surface area contributed by atoms with Gasteiger partial charge in [-0.25, -0.2) is 0 Å². The van der Waals surface area contributed by atoms with Crippen LogP contribution in [0.2, 0.25) is 0 Å². The highest BCUT2D eigenvalue weighted by Crippen LogP contribution is 2.39. The molecule has 5 nitrogen and oxygen atoms in total. The summed E-state index contributed by atoms with van der Waals surface area (Å²) in [6, 6.07) is 7.62. The molecule has 1 aliphatic rings. The van der Waals surface area contributed by atoms with E-state index in [0.29, 0.717) is 6.54 Å². The number of hydrogen-bond acceptors (Lipinski definition) is 3. The lowest BCUT2D eigenvalue weighted by Gasteiger charge is -2.29. The molecule has 1 heterocycles. The van der Waals surface area contributed by atoms with E-state index in [0.717, 1.165) is 30.6 Å². The Hall–Kier alpha value is -2.04. The molecule has 0 aliphatic carbocycles. The van der Waals surface area contributed by atoms with Crippen LogP contribution in [0.4, 0.5) is 0 Å². The van der Waals surface area contributed by atoms with Crippen LogP contribution in [0.25, 0.3) is 0 Å². The lowest BCUT2D eigenvalue weighted by atomic mass is 9.92. The summed E-state index contributed by atoms with van der Waals surface area (Å²) >= 11 is 0. The number of amides is 2. The number of carbonyl (C=O) groups excluding carboxylic acids is 2. The van der Waals surface area contributed by atoms with Gasteiger partial charge in [-0.1, -0.05) is 32.4 Å². The van der Waals surface area contributed by atoms with Crippen molar-refractivity contribution in [2.24, 2.45) is 5.92 Å². The Morgan fingerprint density at radius 2 is 2.00 bits per heavy atom. The molecule has 0 aromatic heterocycles. The maximum Gasteiger partial charge on any atom is 0.226 e. The minimum Gasteiger partial charge on any atom is -0.497 e. The predicted molar refractivity (Wildman–Crippen MR) is 98.4 cm³/mol. The van der Waals surface area contributed by atoms with Crippen molar-refractivity contribution in [1.82, 2.24) is 10.2 Å². The molecular formula is C20H30N2O3. The van der Waals surface area contributed by atoms with Gasteiger partial charge in [0.25, 0.3) is 0 Å². The lowest BCUT2D eigenvalue weighted by molar-refractivity contribution is -0.129. The van der Waals surface area contributed by atoms with E-state index in [2.05, 4.69) is 12.2 Å². The molecule has 5 heteroatoms. The number of methoxy groups -OCH3 is 1. The average Bonchev–Trinajstić information content (AvgIpc) is 2.96. The maximum atomic E-state index is 12.8. The van der Waals surface area contributed by atoms with Gasteiger partial charge in [0.15, 0.2) is 0 Å². The molecule has 0 spiro atoms. The summed E-state index contributed by atoms with van der Waals surface area (Å²) < 4.78 is 5.23. The standard InChI is InChI=1S/C20H30N2O3/c1-5-7-12-22-18(23)13-17(20(24)21-14(3)6-2)19(22)15-8-10-16(25-4)11-9-15/h8-11,14,17,19H,5-7,12-13H2,1-4H3,(H,21,24). The Balaban J connectivity index is 2.29. The highest BCUT2D eigenvalue weighted by molar-refractivity contribution is 5.90. The molecule has 0 bridgehead atoms. The fourth-order valence-electron chi connectivity index (χ4n) is 3.28. The molecule has 1 aliphatic heterocycles. The molecule has 3 atom stereocenters. The second-order valence-electron chi connectivity index (χ2n) is 6.79. The van der Waals surface area contributed by atoms with Crippen LogP contribution >= 0.6 is 0 Å². The monoisotopic (exact) mass is 346 g/mol. The summed E-state index contributed by atoms with van der Waals surface area (Å²) in [5, 5.41) is 3.05. The molecule has 2 rings (SSSR count). The molecule has 1 fully saturated rings. The zero-order valence-corrected chi connectivity index (χ0v) is 15.7. The summed E-state index contributed by atoms with van der Waals surface area (Å²) in [7, 11) is 1.63. The van der Waals surface area contributed by atoms with Crippen LogP contribution in [-0.4, -0.2) is 36.4 Å². The van der Waals surface area contributed by atoms with Gasteiger partial charge in [-0.05, 0) is 37.5 Å². The minimum absolute atomic E-state index is 0.0254. The van der Waals surface area contributed by atoms with Crippen molar-refractivity contribution >= 4 is 11.8 Å². The van der Waals surface area contributed by atoms with Gasteiger partial charge in [0.2, 0.25) is 11.8 Å². The number of hydrogen-bond donors (Lipinski definition) is 1. The van der Waals surface area contributed by atoms with Crippen molar-refractivity contribution < 1.29 is 14.3 Å². The molecule has 3 unspecified atom stereocenters. The number of nitrogens with zero attached hydrogens (tertiary/aromatic N) is 1. The summed E-state index contributed by atoms with van der Waals surface area (Å²) in [6.07, 6.45) is 3.11. The van der Waals surface area contributed by atoms with E-state index in [1.54, 1.807) is 7.11 Å². The number of unbranched alkanes of at least 4 members (excludes halogenated alkanes) is 1. The van der Waals surface area contributed by atoms with E-state index >= 15 is 0 Å². The van der Waals surface area contributed by atoms with Crippen molar-refractivity contribution in [3.8, 4) is 5.75 Å². The van der Waals surface area contributed by atoms with Crippen LogP contribution in [0.5, 0.6) is 5.75 Å². The summed E-state index contributed by atoms with van der Waals surface area (Å²) in [5.74, 6) is 0.474. The quantitative estimate of drug-likeness (QED) is 0.786. The minimum atomic E-state index is -0.341. The zero-order chi connectivity index (χ0) is 18.4. The Bertz CT molecular complexity index is 585. The number of nitrogens with one attached hydrogen (secondary N) is 1. The van der Waals surface area contributed by atoms with Crippen molar-refractivity contribution in [2.45, 2.75) is 58.5 Å². The van der Waals surface area contributed by atoms with Crippen LogP contribution in [0, 0.1) is 5.92 Å². The van der Waals surface area contributed by atoms with Crippen LogP contribution in [0.15, 0.2) is 24.3 Å². The van der Waals surface area contributed by atoms with Gasteiger partial charge in [-0.2, -0.15) is 0 Å². The van der Waals surface area contributed by atoms with Gasteiger partial charge >= 0.3 is 0 Å². The van der Waals surface area contributed by atoms with Gasteiger partial charge < -0.3 is 15.0 Å². The van der Waals surface area contributed by atoms with Crippen molar-refractivity contribution in [1.29, 1.82) is 0 Å². The van der Waals surface area contributed by atoms with E-state index in [1.165, 1.54) is 0 Å². The zero-order valence-electron chi connectivity index (χ0n) is 15.7. The molecule has 2 amide bonds. The number of rotatable bonds is 8. The third kappa shape index (κ3) is 4.53. The average molecular weight is 346 g/mol. The summed E-state index contributed by atoms with van der Waals surface area (Å²) in [5.41, 5.74) is 0.993. The molecule has 25 heavy (non-hydrogen) atoms. The Labute approximate surface area is 150 Å². The number of likely N-dealkylation sites (tertiary alicyclic amines) is 1. The largest absolute Gasteiger partial charge is 0.497 e. The third-order valence-electron chi connectivity index (χ3n) is 4.98. The molecule has 1 aromatic carbocycles. The highest BCUT2D eigenvalue weighted by atomic mass is 16.5. The first-order valence-electron chi connectivity index (χ1n) is 9.25. The topological polar surface area (TPSA) is 58.6 Å². The smallest absolute Gasteiger partial charge is 0.226 e. The fraction of sp³-hybridized carbons (Fsp3) is 0.600. The molecule has 0 saturated carbocycles. The van der Waals surface area contributed by atoms with Gasteiger partial charge in [-0.3, -0.25) is 9.59 Å². The fourth-order valence-corrected chi connectivity index (χ4v) is 3.28. The summed E-state index contributed by atoms with van der Waals surface area (Å²) in [4.78, 5) is 27.2. The first kappa shape index (κ1) is 19.3. The van der Waals surface area contributed by atoms with Gasteiger partial charge in [0, 0.05) is 19.0 Å². The molecule has 1 aromatic rings. The Morgan fingerprint density at radius 3 is 2.56 bits per heavy atom. The third-order valence-corrected chi connectivity index (χ3v) is 4.98. The Kier molecular flexibility index (Phi) is 6.85. The normalized spacial score (nSPS) is 21.3. The first-order chi connectivity index (χ1) is 12.0. The van der Waals surface area contributed by atoms with Crippen LogP contribution < -0.4 is 10.1 Å². The Morgan fingerprint density at radius 1 is 1.32 bits per heavy atom. The summed E-state index contributed by atoms with van der Waals surface area (Å²) in [6.45, 7) is 6.83. The molecule has 138 valence electrons. The van der Waals surface area contributed by atoms with E-state index in [9.17, 15) is 9.59 Å². The lowest BCUT2D eigenvalue weighted by Crippen LogP contribution is -2.39. The molecule has 0 radical (unpaired) electrons. The SMILES string of the molecule is CCCCN1C(=O)CC(C(=O)NC(C)CC)C1c1ccc(OC)cc1. The molecule has 1 saturated heterocycles. The van der Waals surface area contributed by atoms with Gasteiger partial charge in [0.05, 0.1) is 19.1 Å². The van der Waals surface area contributed by atoms with E-state index in [4.69, 9.17) is 4.74 Å². The predicted octanol–water partition coefficient (Wildman–Crippen LogP) is 3.30. The van der Waals surface area contributed by atoms with Crippen molar-refractivity contribution in [3.05, 3.63) is 29.8 Å². The van der Waals surface area contributed by atoms with E-state index in [1.807, 2.05) is 43.0 Å². The van der Waals surface area contributed by atoms with Crippen LogP contribution in [0.3, 0.4) is 0 Å². The number of carbonyl (C=O) groups is 2. The van der Waals surface area contributed by atoms with Gasteiger partial charge in [0.1, 0.15) is 5.75 Å². The first-order valence-corrected chi connectivity index (χ1v) is 9.25. The molecular weight excluding hydrogens is 316 g/mol. The second kappa shape index (κ2) is 8.88. The maximum absolute atomic E-state index is 12.8. The van der Waals surface area contributed by atoms with Gasteiger partial charge in [-0.15, -0.1) is 0 Å². The van der Waals surface area contributed by atoms with Crippen molar-refractivity contribution in [2.75, 3.05) is 13.7 Å².